The molecule has 0 aromatic rings. The van der Waals surface area contributed by atoms with E-state index in [2.05, 4.69) is 12.2 Å². The van der Waals surface area contributed by atoms with Crippen LogP contribution in [0.25, 0.3) is 0 Å². The fraction of sp³-hybridized carbons (Fsp3) is 1.00. The Kier molecular flexibility index (Phi) is 10.3. The van der Waals surface area contributed by atoms with Crippen LogP contribution in [-0.4, -0.2) is 42.7 Å². The van der Waals surface area contributed by atoms with Crippen LogP contribution in [0.4, 0.5) is 0 Å². The molecule has 0 aliphatic rings. The zero-order chi connectivity index (χ0) is 12.3. The van der Waals surface area contributed by atoms with Crippen LogP contribution < -0.4 is 5.32 Å². The largest absolute Gasteiger partial charge is 0.500 e. The Labute approximate surface area is 101 Å². The second-order valence-electron chi connectivity index (χ2n) is 3.73. The highest BCUT2D eigenvalue weighted by atomic mass is 28.4. The molecule has 5 heteroatoms. The zero-order valence-electron chi connectivity index (χ0n) is 11.2. The van der Waals surface area contributed by atoms with Crippen molar-refractivity contribution in [3.63, 3.8) is 0 Å². The van der Waals surface area contributed by atoms with Gasteiger partial charge < -0.3 is 18.6 Å². The monoisotopic (exact) mass is 249 g/mol. The van der Waals surface area contributed by atoms with Crippen LogP contribution in [-0.2, 0) is 13.3 Å². The van der Waals surface area contributed by atoms with Crippen LogP contribution in [0.5, 0.6) is 0 Å². The molecule has 4 nitrogen and oxygen atoms in total. The Morgan fingerprint density at radius 3 is 2.12 bits per heavy atom. The molecular formula is C11H27NO3Si. The molecule has 0 amide bonds. The molecule has 0 aromatic carbocycles. The van der Waals surface area contributed by atoms with Crippen LogP contribution >= 0.6 is 0 Å². The van der Waals surface area contributed by atoms with Gasteiger partial charge in [0.15, 0.2) is 0 Å². The lowest BCUT2D eigenvalue weighted by atomic mass is 10.3. The summed E-state index contributed by atoms with van der Waals surface area (Å²) < 4.78 is 16.5. The molecule has 0 radical (unpaired) electrons. The lowest BCUT2D eigenvalue weighted by Gasteiger charge is -2.25. The molecule has 0 unspecified atom stereocenters. The van der Waals surface area contributed by atoms with Crippen molar-refractivity contribution in [2.45, 2.75) is 39.2 Å². The molecule has 0 saturated carbocycles. The molecule has 0 heterocycles. The van der Waals surface area contributed by atoms with E-state index in [-0.39, 0.29) is 0 Å². The molecule has 0 aliphatic heterocycles. The van der Waals surface area contributed by atoms with Crippen molar-refractivity contribution in [3.05, 3.63) is 0 Å². The van der Waals surface area contributed by atoms with E-state index < -0.39 is 8.80 Å². The molecular weight excluding hydrogens is 222 g/mol. The third kappa shape index (κ3) is 6.60. The van der Waals surface area contributed by atoms with Crippen LogP contribution in [0.15, 0.2) is 0 Å². The van der Waals surface area contributed by atoms with Gasteiger partial charge in [-0.05, 0) is 32.9 Å². The minimum absolute atomic E-state index is 0.650. The summed E-state index contributed by atoms with van der Waals surface area (Å²) in [4.78, 5) is 0. The van der Waals surface area contributed by atoms with E-state index in [1.54, 1.807) is 14.2 Å². The number of hydrogen-bond donors (Lipinski definition) is 1. The highest BCUT2D eigenvalue weighted by Gasteiger charge is 2.37. The second-order valence-corrected chi connectivity index (χ2v) is 6.70. The first-order valence-electron chi connectivity index (χ1n) is 6.19. The Morgan fingerprint density at radius 1 is 1.00 bits per heavy atom. The van der Waals surface area contributed by atoms with Crippen molar-refractivity contribution in [2.24, 2.45) is 0 Å². The zero-order valence-corrected chi connectivity index (χ0v) is 12.2. The lowest BCUT2D eigenvalue weighted by Crippen LogP contribution is -2.44. The van der Waals surface area contributed by atoms with E-state index in [0.717, 1.165) is 25.6 Å². The number of nitrogens with one attached hydrogen (secondary N) is 1. The Hall–Kier alpha value is 0.0569. The summed E-state index contributed by atoms with van der Waals surface area (Å²) in [6.07, 6.45) is 3.51. The maximum absolute atomic E-state index is 5.62. The average molecular weight is 249 g/mol. The van der Waals surface area contributed by atoms with E-state index in [4.69, 9.17) is 13.3 Å². The second kappa shape index (κ2) is 10.2. The minimum Gasteiger partial charge on any atom is -0.377 e. The first-order chi connectivity index (χ1) is 7.74. The summed E-state index contributed by atoms with van der Waals surface area (Å²) in [5.74, 6) is 0. The third-order valence-electron chi connectivity index (χ3n) is 2.53. The predicted molar refractivity (Wildman–Crippen MR) is 68.6 cm³/mol. The van der Waals surface area contributed by atoms with E-state index in [0.29, 0.717) is 6.61 Å². The molecule has 0 aliphatic carbocycles. The highest BCUT2D eigenvalue weighted by Crippen LogP contribution is 2.15. The van der Waals surface area contributed by atoms with E-state index in [1.165, 1.54) is 12.8 Å². The first kappa shape index (κ1) is 16.1. The van der Waals surface area contributed by atoms with Gasteiger partial charge in [0.1, 0.15) is 0 Å². The molecule has 0 aromatic heterocycles. The maximum Gasteiger partial charge on any atom is 0.500 e. The van der Waals surface area contributed by atoms with Gasteiger partial charge in [-0.25, -0.2) is 0 Å². The van der Waals surface area contributed by atoms with E-state index in [9.17, 15) is 0 Å². The van der Waals surface area contributed by atoms with Gasteiger partial charge in [0.05, 0.1) is 0 Å². The standard InChI is InChI=1S/C11H27NO3Si/c1-5-7-9-12-10-8-11-16(13-3,14-4)15-6-2/h12H,5-11H2,1-4H3. The van der Waals surface area contributed by atoms with Crippen molar-refractivity contribution in [1.29, 1.82) is 0 Å². The summed E-state index contributed by atoms with van der Waals surface area (Å²) in [5, 5.41) is 3.40. The molecule has 0 fully saturated rings. The Morgan fingerprint density at radius 2 is 1.62 bits per heavy atom. The highest BCUT2D eigenvalue weighted by molar-refractivity contribution is 6.60. The predicted octanol–water partition coefficient (Wildman–Crippen LogP) is 2.03. The fourth-order valence-electron chi connectivity index (χ4n) is 1.55. The van der Waals surface area contributed by atoms with Crippen molar-refractivity contribution >= 4 is 8.80 Å². The number of rotatable bonds is 11. The first-order valence-corrected chi connectivity index (χ1v) is 8.12. The quantitative estimate of drug-likeness (QED) is 0.449. The Balaban J connectivity index is 3.67. The molecule has 0 rings (SSSR count). The number of hydrogen-bond acceptors (Lipinski definition) is 4. The lowest BCUT2D eigenvalue weighted by molar-refractivity contribution is 0.103. The SMILES string of the molecule is CCCCNCCC[Si](OC)(OC)OCC. The molecule has 0 saturated heterocycles. The molecule has 98 valence electrons. The van der Waals surface area contributed by atoms with Crippen LogP contribution in [0.2, 0.25) is 6.04 Å². The topological polar surface area (TPSA) is 39.7 Å². The summed E-state index contributed by atoms with van der Waals surface area (Å²) in [5.41, 5.74) is 0. The summed E-state index contributed by atoms with van der Waals surface area (Å²) in [6, 6.07) is 0.882. The van der Waals surface area contributed by atoms with E-state index >= 15 is 0 Å². The molecule has 0 spiro atoms. The van der Waals surface area contributed by atoms with Crippen molar-refractivity contribution < 1.29 is 13.3 Å². The number of unbranched alkanes of at least 4 members (excludes halogenated alkanes) is 1. The van der Waals surface area contributed by atoms with Gasteiger partial charge in [0, 0.05) is 26.9 Å². The van der Waals surface area contributed by atoms with Crippen molar-refractivity contribution in [2.75, 3.05) is 33.9 Å². The minimum atomic E-state index is -2.35. The Bertz CT molecular complexity index is 154. The van der Waals surface area contributed by atoms with E-state index in [1.807, 2.05) is 6.92 Å². The smallest absolute Gasteiger partial charge is 0.377 e. The summed E-state index contributed by atoms with van der Waals surface area (Å²) >= 11 is 0. The molecule has 1 N–H and O–H groups in total. The van der Waals surface area contributed by atoms with Gasteiger partial charge in [-0.1, -0.05) is 13.3 Å². The van der Waals surface area contributed by atoms with Gasteiger partial charge in [-0.3, -0.25) is 0 Å². The van der Waals surface area contributed by atoms with Crippen LogP contribution in [0.3, 0.4) is 0 Å². The van der Waals surface area contributed by atoms with Crippen molar-refractivity contribution in [3.8, 4) is 0 Å². The van der Waals surface area contributed by atoms with Crippen LogP contribution in [0, 0.1) is 0 Å². The maximum atomic E-state index is 5.62. The van der Waals surface area contributed by atoms with Gasteiger partial charge in [0.25, 0.3) is 0 Å². The van der Waals surface area contributed by atoms with Crippen molar-refractivity contribution in [1.82, 2.24) is 5.32 Å². The molecule has 0 bridgehead atoms. The summed E-state index contributed by atoms with van der Waals surface area (Å²) in [6.45, 7) is 6.93. The van der Waals surface area contributed by atoms with Gasteiger partial charge in [-0.15, -0.1) is 0 Å². The third-order valence-corrected chi connectivity index (χ3v) is 5.47. The van der Waals surface area contributed by atoms with Crippen LogP contribution in [0.1, 0.15) is 33.1 Å². The van der Waals surface area contributed by atoms with Gasteiger partial charge in [0.2, 0.25) is 0 Å². The molecule has 16 heavy (non-hydrogen) atoms. The average Bonchev–Trinajstić information content (AvgIpc) is 2.32. The molecule has 0 atom stereocenters. The normalized spacial score (nSPS) is 12.0. The summed E-state index contributed by atoms with van der Waals surface area (Å²) in [7, 11) is 1.00. The van der Waals surface area contributed by atoms with Gasteiger partial charge in [-0.2, -0.15) is 0 Å². The fourth-order valence-corrected chi connectivity index (χ4v) is 3.56. The van der Waals surface area contributed by atoms with Gasteiger partial charge >= 0.3 is 8.80 Å².